The summed E-state index contributed by atoms with van der Waals surface area (Å²) in [6.07, 6.45) is 2.09. The van der Waals surface area contributed by atoms with Gasteiger partial charge in [-0.15, -0.1) is 0 Å². The van der Waals surface area contributed by atoms with E-state index in [0.29, 0.717) is 13.0 Å². The van der Waals surface area contributed by atoms with Crippen molar-refractivity contribution in [2.75, 3.05) is 26.4 Å². The lowest BCUT2D eigenvalue weighted by atomic mass is 9.69. The third-order valence-corrected chi connectivity index (χ3v) is 6.11. The van der Waals surface area contributed by atoms with Crippen molar-refractivity contribution in [1.29, 1.82) is 0 Å². The molecule has 2 amide bonds. The largest absolute Gasteiger partial charge is 0.477 e. The van der Waals surface area contributed by atoms with Gasteiger partial charge in [-0.3, -0.25) is 9.59 Å². The molecule has 0 bridgehead atoms. The minimum atomic E-state index is -4.16. The van der Waals surface area contributed by atoms with Gasteiger partial charge in [-0.2, -0.15) is 0 Å². The molecule has 2 aliphatic rings. The fraction of sp³-hybridized carbons (Fsp3) is 0.562. The topological polar surface area (TPSA) is 124 Å². The lowest BCUT2D eigenvalue weighted by Gasteiger charge is -2.38. The molecule has 26 heavy (non-hydrogen) atoms. The zero-order valence-electron chi connectivity index (χ0n) is 14.4. The molecule has 3 rings (SSSR count). The molecule has 0 saturated carbocycles. The second-order valence-electron chi connectivity index (χ2n) is 6.41. The molecule has 1 aromatic heterocycles. The SMILES string of the molecule is CCOc1ncccc1S(=O)(=O)NC(=O)C1CNC(=O)CC12CCOC2. The van der Waals surface area contributed by atoms with Crippen LogP contribution >= 0.6 is 0 Å². The van der Waals surface area contributed by atoms with Crippen molar-refractivity contribution in [2.24, 2.45) is 11.3 Å². The number of sulfonamides is 1. The number of nitrogens with zero attached hydrogens (tertiary/aromatic N) is 1. The molecular weight excluding hydrogens is 362 g/mol. The van der Waals surface area contributed by atoms with Crippen molar-refractivity contribution in [1.82, 2.24) is 15.0 Å². The molecule has 2 atom stereocenters. The van der Waals surface area contributed by atoms with Crippen LogP contribution in [0.25, 0.3) is 0 Å². The minimum Gasteiger partial charge on any atom is -0.477 e. The molecule has 2 unspecified atom stereocenters. The number of ether oxygens (including phenoxy) is 2. The average Bonchev–Trinajstić information content (AvgIpc) is 3.03. The van der Waals surface area contributed by atoms with Gasteiger partial charge in [-0.05, 0) is 25.5 Å². The highest BCUT2D eigenvalue weighted by Gasteiger charge is 2.50. The van der Waals surface area contributed by atoms with Crippen LogP contribution in [0.2, 0.25) is 0 Å². The van der Waals surface area contributed by atoms with E-state index < -0.39 is 27.3 Å². The Morgan fingerprint density at radius 2 is 2.35 bits per heavy atom. The maximum atomic E-state index is 12.8. The standard InChI is InChI=1S/C16H21N3O6S/c1-2-25-15-12(4-3-6-17-15)26(22,23)19-14(21)11-9-18-13(20)8-16(11)5-7-24-10-16/h3-4,6,11H,2,5,7-10H2,1H3,(H,18,20)(H,19,21). The summed E-state index contributed by atoms with van der Waals surface area (Å²) in [6, 6.07) is 2.78. The van der Waals surface area contributed by atoms with Crippen molar-refractivity contribution < 1.29 is 27.5 Å². The molecule has 1 aromatic rings. The van der Waals surface area contributed by atoms with Gasteiger partial charge in [0.25, 0.3) is 10.0 Å². The number of piperidine rings is 1. The van der Waals surface area contributed by atoms with E-state index >= 15 is 0 Å². The summed E-state index contributed by atoms with van der Waals surface area (Å²) < 4.78 is 38.1. The van der Waals surface area contributed by atoms with E-state index in [1.54, 1.807) is 6.92 Å². The lowest BCUT2D eigenvalue weighted by Crippen LogP contribution is -2.55. The molecule has 1 spiro atoms. The van der Waals surface area contributed by atoms with Crippen molar-refractivity contribution in [3.63, 3.8) is 0 Å². The molecule has 9 nitrogen and oxygen atoms in total. The smallest absolute Gasteiger partial charge is 0.269 e. The average molecular weight is 383 g/mol. The molecule has 142 valence electrons. The number of rotatable bonds is 5. The monoisotopic (exact) mass is 383 g/mol. The van der Waals surface area contributed by atoms with Crippen molar-refractivity contribution in [2.45, 2.75) is 24.7 Å². The Morgan fingerprint density at radius 1 is 1.54 bits per heavy atom. The summed E-state index contributed by atoms with van der Waals surface area (Å²) in [4.78, 5) is 28.2. The first-order valence-electron chi connectivity index (χ1n) is 8.37. The van der Waals surface area contributed by atoms with E-state index in [-0.39, 0.29) is 42.9 Å². The third-order valence-electron chi connectivity index (χ3n) is 4.75. The van der Waals surface area contributed by atoms with E-state index in [4.69, 9.17) is 9.47 Å². The number of aromatic nitrogens is 1. The van der Waals surface area contributed by atoms with Gasteiger partial charge in [0.1, 0.15) is 4.90 Å². The predicted molar refractivity (Wildman–Crippen MR) is 89.7 cm³/mol. The number of amides is 2. The highest BCUT2D eigenvalue weighted by atomic mass is 32.2. The summed E-state index contributed by atoms with van der Waals surface area (Å²) in [5.41, 5.74) is -0.667. The molecule has 0 aromatic carbocycles. The Labute approximate surface area is 151 Å². The number of carbonyl (C=O) groups excluding carboxylic acids is 2. The Hall–Kier alpha value is -2.20. The van der Waals surface area contributed by atoms with Crippen LogP contribution < -0.4 is 14.8 Å². The number of carbonyl (C=O) groups is 2. The van der Waals surface area contributed by atoms with Crippen LogP contribution in [0.5, 0.6) is 5.88 Å². The Balaban J connectivity index is 1.83. The normalized spacial score (nSPS) is 25.7. The van der Waals surface area contributed by atoms with Crippen molar-refractivity contribution >= 4 is 21.8 Å². The Bertz CT molecular complexity index is 804. The number of hydrogen-bond acceptors (Lipinski definition) is 7. The summed E-state index contributed by atoms with van der Waals surface area (Å²) >= 11 is 0. The summed E-state index contributed by atoms with van der Waals surface area (Å²) in [7, 11) is -4.16. The first-order valence-corrected chi connectivity index (χ1v) is 9.85. The Kier molecular flexibility index (Phi) is 5.15. The maximum absolute atomic E-state index is 12.8. The first-order chi connectivity index (χ1) is 12.4. The van der Waals surface area contributed by atoms with Gasteiger partial charge in [-0.25, -0.2) is 18.1 Å². The summed E-state index contributed by atoms with van der Waals surface area (Å²) in [6.45, 7) is 2.73. The van der Waals surface area contributed by atoms with Crippen LogP contribution in [0.15, 0.2) is 23.2 Å². The number of nitrogens with one attached hydrogen (secondary N) is 2. The molecule has 0 aliphatic carbocycles. The third kappa shape index (κ3) is 3.51. The second kappa shape index (κ2) is 7.20. The predicted octanol–water partition coefficient (Wildman–Crippen LogP) is -0.172. The van der Waals surface area contributed by atoms with Crippen molar-refractivity contribution in [3.05, 3.63) is 18.3 Å². The van der Waals surface area contributed by atoms with Crippen molar-refractivity contribution in [3.8, 4) is 5.88 Å². The van der Waals surface area contributed by atoms with Gasteiger partial charge in [0.05, 0.1) is 19.1 Å². The molecule has 0 radical (unpaired) electrons. The quantitative estimate of drug-likeness (QED) is 0.723. The van der Waals surface area contributed by atoms with E-state index in [0.717, 1.165) is 0 Å². The van der Waals surface area contributed by atoms with E-state index in [1.807, 2.05) is 0 Å². The van der Waals surface area contributed by atoms with Crippen LogP contribution in [0, 0.1) is 11.3 Å². The van der Waals surface area contributed by atoms with Gasteiger partial charge in [0, 0.05) is 31.2 Å². The zero-order valence-corrected chi connectivity index (χ0v) is 15.2. The van der Waals surface area contributed by atoms with Crippen LogP contribution in [-0.4, -0.2) is 51.6 Å². The fourth-order valence-electron chi connectivity index (χ4n) is 3.43. The van der Waals surface area contributed by atoms with E-state index in [9.17, 15) is 18.0 Å². The molecule has 2 saturated heterocycles. The number of pyridine rings is 1. The van der Waals surface area contributed by atoms with Gasteiger partial charge in [0.15, 0.2) is 0 Å². The maximum Gasteiger partial charge on any atom is 0.269 e. The molecule has 2 aliphatic heterocycles. The lowest BCUT2D eigenvalue weighted by molar-refractivity contribution is -0.135. The van der Waals surface area contributed by atoms with Gasteiger partial charge < -0.3 is 14.8 Å². The first kappa shape index (κ1) is 18.6. The molecule has 10 heteroatoms. The highest BCUT2D eigenvalue weighted by molar-refractivity contribution is 7.90. The van der Waals surface area contributed by atoms with E-state index in [1.165, 1.54) is 18.3 Å². The fourth-order valence-corrected chi connectivity index (χ4v) is 4.55. The zero-order chi connectivity index (χ0) is 18.8. The van der Waals surface area contributed by atoms with Crippen LogP contribution in [0.4, 0.5) is 0 Å². The summed E-state index contributed by atoms with van der Waals surface area (Å²) in [5.74, 6) is -1.58. The van der Waals surface area contributed by atoms with Crippen LogP contribution in [-0.2, 0) is 24.3 Å². The molecule has 3 heterocycles. The second-order valence-corrected chi connectivity index (χ2v) is 8.06. The molecule has 2 fully saturated rings. The highest BCUT2D eigenvalue weighted by Crippen LogP contribution is 2.42. The Morgan fingerprint density at radius 3 is 3.04 bits per heavy atom. The number of hydrogen-bond donors (Lipinski definition) is 2. The summed E-state index contributed by atoms with van der Waals surface area (Å²) in [5, 5.41) is 2.63. The van der Waals surface area contributed by atoms with Crippen LogP contribution in [0.1, 0.15) is 19.8 Å². The minimum absolute atomic E-state index is 0.0637. The van der Waals surface area contributed by atoms with E-state index in [2.05, 4.69) is 15.0 Å². The molecule has 2 N–H and O–H groups in total. The van der Waals surface area contributed by atoms with Crippen LogP contribution in [0.3, 0.4) is 0 Å². The molecular formula is C16H21N3O6S. The van der Waals surface area contributed by atoms with Gasteiger partial charge in [-0.1, -0.05) is 0 Å². The van der Waals surface area contributed by atoms with Gasteiger partial charge >= 0.3 is 0 Å². The van der Waals surface area contributed by atoms with Gasteiger partial charge in [0.2, 0.25) is 17.7 Å².